The molecular weight excluding hydrogens is 208 g/mol. The number of likely N-dealkylation sites (N-methyl/N-ethyl adjacent to an activating group) is 2. The molecular formula is C15H26N2. The van der Waals surface area contributed by atoms with Crippen molar-refractivity contribution in [2.75, 3.05) is 26.7 Å². The minimum absolute atomic E-state index is 0.447. The highest BCUT2D eigenvalue weighted by molar-refractivity contribution is 5.19. The molecule has 0 aliphatic rings. The first-order valence-electron chi connectivity index (χ1n) is 6.74. The third kappa shape index (κ3) is 5.33. The average Bonchev–Trinajstić information content (AvgIpc) is 2.37. The molecule has 1 unspecified atom stereocenters. The second-order valence-corrected chi connectivity index (χ2v) is 4.64. The summed E-state index contributed by atoms with van der Waals surface area (Å²) in [7, 11) is 2.21. The highest BCUT2D eigenvalue weighted by Gasteiger charge is 2.11. The van der Waals surface area contributed by atoms with E-state index in [1.807, 2.05) is 0 Å². The zero-order chi connectivity index (χ0) is 12.5. The van der Waals surface area contributed by atoms with Crippen molar-refractivity contribution in [1.82, 2.24) is 10.2 Å². The standard InChI is InChI=1S/C15H26N2/c1-4-6-12-17(3)13-15(16-5-2)14-10-8-7-9-11-14/h7-11,15-16H,4-6,12-13H2,1-3H3. The highest BCUT2D eigenvalue weighted by Crippen LogP contribution is 2.13. The van der Waals surface area contributed by atoms with E-state index in [0.29, 0.717) is 6.04 Å². The van der Waals surface area contributed by atoms with Crippen LogP contribution in [0.3, 0.4) is 0 Å². The highest BCUT2D eigenvalue weighted by atomic mass is 15.1. The van der Waals surface area contributed by atoms with Crippen LogP contribution in [0, 0.1) is 0 Å². The summed E-state index contributed by atoms with van der Waals surface area (Å²) in [5.74, 6) is 0. The van der Waals surface area contributed by atoms with Crippen LogP contribution in [0.25, 0.3) is 0 Å². The molecule has 1 atom stereocenters. The van der Waals surface area contributed by atoms with Crippen LogP contribution < -0.4 is 5.32 Å². The van der Waals surface area contributed by atoms with E-state index in [1.165, 1.54) is 24.9 Å². The van der Waals surface area contributed by atoms with Gasteiger partial charge in [-0.05, 0) is 32.1 Å². The number of hydrogen-bond donors (Lipinski definition) is 1. The summed E-state index contributed by atoms with van der Waals surface area (Å²) in [5.41, 5.74) is 1.39. The Balaban J connectivity index is 2.54. The first kappa shape index (κ1) is 14.2. The van der Waals surface area contributed by atoms with Crippen molar-refractivity contribution in [1.29, 1.82) is 0 Å². The molecule has 0 aliphatic carbocycles. The Morgan fingerprint density at radius 2 is 1.88 bits per heavy atom. The fourth-order valence-electron chi connectivity index (χ4n) is 2.05. The van der Waals surface area contributed by atoms with Crippen molar-refractivity contribution in [2.45, 2.75) is 32.7 Å². The van der Waals surface area contributed by atoms with Crippen LogP contribution in [0.2, 0.25) is 0 Å². The summed E-state index contributed by atoms with van der Waals surface area (Å²) in [6, 6.07) is 11.2. The Bertz CT molecular complexity index is 284. The number of hydrogen-bond acceptors (Lipinski definition) is 2. The Labute approximate surface area is 106 Å². The van der Waals surface area contributed by atoms with E-state index in [-0.39, 0.29) is 0 Å². The van der Waals surface area contributed by atoms with Crippen LogP contribution in [0.15, 0.2) is 30.3 Å². The van der Waals surface area contributed by atoms with E-state index in [1.54, 1.807) is 0 Å². The first-order chi connectivity index (χ1) is 8.27. The first-order valence-corrected chi connectivity index (χ1v) is 6.74. The summed E-state index contributed by atoms with van der Waals surface area (Å²) < 4.78 is 0. The summed E-state index contributed by atoms with van der Waals surface area (Å²) in [6.07, 6.45) is 2.55. The van der Waals surface area contributed by atoms with Crippen molar-refractivity contribution < 1.29 is 0 Å². The molecule has 0 aliphatic heterocycles. The van der Waals surface area contributed by atoms with Gasteiger partial charge in [-0.1, -0.05) is 50.6 Å². The molecule has 1 rings (SSSR count). The molecule has 96 valence electrons. The van der Waals surface area contributed by atoms with Gasteiger partial charge in [0.25, 0.3) is 0 Å². The fraction of sp³-hybridized carbons (Fsp3) is 0.600. The molecule has 0 bridgehead atoms. The summed E-state index contributed by atoms with van der Waals surface area (Å²) in [6.45, 7) is 7.69. The van der Waals surface area contributed by atoms with Gasteiger partial charge in [-0.3, -0.25) is 0 Å². The molecule has 0 spiro atoms. The Kier molecular flexibility index (Phi) is 6.90. The molecule has 0 saturated heterocycles. The summed E-state index contributed by atoms with van der Waals surface area (Å²) in [4.78, 5) is 2.42. The van der Waals surface area contributed by atoms with Gasteiger partial charge in [0.1, 0.15) is 0 Å². The molecule has 17 heavy (non-hydrogen) atoms. The minimum Gasteiger partial charge on any atom is -0.309 e. The molecule has 2 nitrogen and oxygen atoms in total. The van der Waals surface area contributed by atoms with Crippen molar-refractivity contribution in [3.8, 4) is 0 Å². The zero-order valence-corrected chi connectivity index (χ0v) is 11.4. The smallest absolute Gasteiger partial charge is 0.0449 e. The number of nitrogens with one attached hydrogen (secondary N) is 1. The fourth-order valence-corrected chi connectivity index (χ4v) is 2.05. The maximum atomic E-state index is 3.56. The van der Waals surface area contributed by atoms with Gasteiger partial charge < -0.3 is 10.2 Å². The maximum absolute atomic E-state index is 3.56. The predicted octanol–water partition coefficient (Wildman–Crippen LogP) is 3.07. The molecule has 0 fully saturated rings. The van der Waals surface area contributed by atoms with Crippen LogP contribution in [0.4, 0.5) is 0 Å². The quantitative estimate of drug-likeness (QED) is 0.743. The molecule has 0 saturated carbocycles. The number of rotatable bonds is 8. The third-order valence-corrected chi connectivity index (χ3v) is 3.04. The largest absolute Gasteiger partial charge is 0.309 e. The number of unbranched alkanes of at least 4 members (excludes halogenated alkanes) is 1. The molecule has 1 N–H and O–H groups in total. The molecule has 0 radical (unpaired) electrons. The van der Waals surface area contributed by atoms with Crippen molar-refractivity contribution >= 4 is 0 Å². The Hall–Kier alpha value is -0.860. The van der Waals surface area contributed by atoms with E-state index in [4.69, 9.17) is 0 Å². The topological polar surface area (TPSA) is 15.3 Å². The van der Waals surface area contributed by atoms with Gasteiger partial charge in [-0.2, -0.15) is 0 Å². The normalized spacial score (nSPS) is 12.9. The van der Waals surface area contributed by atoms with Gasteiger partial charge in [0, 0.05) is 12.6 Å². The molecule has 1 aromatic carbocycles. The van der Waals surface area contributed by atoms with Gasteiger partial charge in [0.05, 0.1) is 0 Å². The third-order valence-electron chi connectivity index (χ3n) is 3.04. The van der Waals surface area contributed by atoms with Crippen LogP contribution in [-0.2, 0) is 0 Å². The van der Waals surface area contributed by atoms with Crippen molar-refractivity contribution in [3.05, 3.63) is 35.9 Å². The Morgan fingerprint density at radius 1 is 1.18 bits per heavy atom. The monoisotopic (exact) mass is 234 g/mol. The van der Waals surface area contributed by atoms with E-state index >= 15 is 0 Å². The molecule has 0 heterocycles. The lowest BCUT2D eigenvalue weighted by atomic mass is 10.1. The Morgan fingerprint density at radius 3 is 2.47 bits per heavy atom. The lowest BCUT2D eigenvalue weighted by molar-refractivity contribution is 0.288. The van der Waals surface area contributed by atoms with Crippen molar-refractivity contribution in [2.24, 2.45) is 0 Å². The molecule has 0 amide bonds. The van der Waals surface area contributed by atoms with Gasteiger partial charge >= 0.3 is 0 Å². The maximum Gasteiger partial charge on any atom is 0.0449 e. The SMILES string of the molecule is CCCCN(C)CC(NCC)c1ccccc1. The van der Waals surface area contributed by atoms with Crippen LogP contribution in [0.5, 0.6) is 0 Å². The second-order valence-electron chi connectivity index (χ2n) is 4.64. The number of benzene rings is 1. The van der Waals surface area contributed by atoms with Gasteiger partial charge in [-0.25, -0.2) is 0 Å². The van der Waals surface area contributed by atoms with Crippen LogP contribution in [-0.4, -0.2) is 31.6 Å². The van der Waals surface area contributed by atoms with Crippen LogP contribution in [0.1, 0.15) is 38.3 Å². The van der Waals surface area contributed by atoms with E-state index < -0.39 is 0 Å². The molecule has 1 aromatic rings. The summed E-state index contributed by atoms with van der Waals surface area (Å²) in [5, 5.41) is 3.56. The minimum atomic E-state index is 0.447. The van der Waals surface area contributed by atoms with E-state index in [0.717, 1.165) is 13.1 Å². The lowest BCUT2D eigenvalue weighted by Crippen LogP contribution is -2.33. The van der Waals surface area contributed by atoms with Crippen LogP contribution >= 0.6 is 0 Å². The van der Waals surface area contributed by atoms with Gasteiger partial charge in [0.2, 0.25) is 0 Å². The van der Waals surface area contributed by atoms with E-state index in [2.05, 4.69) is 61.4 Å². The van der Waals surface area contributed by atoms with Gasteiger partial charge in [-0.15, -0.1) is 0 Å². The number of nitrogens with zero attached hydrogens (tertiary/aromatic N) is 1. The van der Waals surface area contributed by atoms with E-state index in [9.17, 15) is 0 Å². The summed E-state index contributed by atoms with van der Waals surface area (Å²) >= 11 is 0. The molecule has 2 heteroatoms. The van der Waals surface area contributed by atoms with Crippen molar-refractivity contribution in [3.63, 3.8) is 0 Å². The molecule has 0 aromatic heterocycles. The predicted molar refractivity (Wildman–Crippen MR) is 75.3 cm³/mol. The van der Waals surface area contributed by atoms with Gasteiger partial charge in [0.15, 0.2) is 0 Å². The zero-order valence-electron chi connectivity index (χ0n) is 11.4. The second kappa shape index (κ2) is 8.26. The lowest BCUT2D eigenvalue weighted by Gasteiger charge is -2.25. The average molecular weight is 234 g/mol.